The zero-order valence-electron chi connectivity index (χ0n) is 17.6. The predicted octanol–water partition coefficient (Wildman–Crippen LogP) is 3.57. The monoisotopic (exact) mass is 479 g/mol. The van der Waals surface area contributed by atoms with Crippen molar-refractivity contribution < 1.29 is 26.8 Å². The van der Waals surface area contributed by atoms with Crippen molar-refractivity contribution in [1.29, 1.82) is 0 Å². The molecule has 1 N–H and O–H groups in total. The van der Waals surface area contributed by atoms with Gasteiger partial charge in [-0.1, -0.05) is 0 Å². The van der Waals surface area contributed by atoms with Crippen LogP contribution >= 0.6 is 12.4 Å². The summed E-state index contributed by atoms with van der Waals surface area (Å²) < 4.78 is 44.4. The van der Waals surface area contributed by atoms with Gasteiger partial charge in [0.15, 0.2) is 11.5 Å². The Morgan fingerprint density at radius 1 is 1.00 bits per heavy atom. The standard InChI is InChI=1S/C21H21N3O6S.ClH/c1-27-6-7-29-20-10-18-15(9-19(20)28-2)21(24-12-23-18)16-11-22-17-5-4-13(8-14(16)17)30-31(3,25)26;/h4-5,8-12,22H,6-7H2,1-3H3;1H. The summed E-state index contributed by atoms with van der Waals surface area (Å²) in [7, 11) is -0.471. The normalized spacial score (nSPS) is 11.3. The number of halogens is 1. The smallest absolute Gasteiger partial charge is 0.306 e. The summed E-state index contributed by atoms with van der Waals surface area (Å²) in [6, 6.07) is 8.62. The van der Waals surface area contributed by atoms with E-state index in [0.29, 0.717) is 35.9 Å². The Kier molecular flexibility index (Phi) is 7.07. The summed E-state index contributed by atoms with van der Waals surface area (Å²) in [4.78, 5) is 12.0. The number of H-pyrrole nitrogens is 1. The maximum absolute atomic E-state index is 11.5. The number of nitrogens with one attached hydrogen (secondary N) is 1. The van der Waals surface area contributed by atoms with Crippen LogP contribution in [0.2, 0.25) is 0 Å². The maximum Gasteiger partial charge on any atom is 0.306 e. The van der Waals surface area contributed by atoms with Crippen LogP contribution in [0, 0.1) is 0 Å². The molecule has 2 heterocycles. The fourth-order valence-electron chi connectivity index (χ4n) is 3.31. The van der Waals surface area contributed by atoms with E-state index in [9.17, 15) is 8.42 Å². The van der Waals surface area contributed by atoms with Gasteiger partial charge in [0, 0.05) is 41.2 Å². The van der Waals surface area contributed by atoms with E-state index in [1.54, 1.807) is 38.5 Å². The van der Waals surface area contributed by atoms with Crippen molar-refractivity contribution in [2.75, 3.05) is 33.7 Å². The Morgan fingerprint density at radius 2 is 1.81 bits per heavy atom. The molecule has 4 rings (SSSR count). The van der Waals surface area contributed by atoms with Crippen LogP contribution in [0.1, 0.15) is 0 Å². The van der Waals surface area contributed by atoms with Crippen LogP contribution in [0.4, 0.5) is 0 Å². The molecular weight excluding hydrogens is 458 g/mol. The number of aromatic nitrogens is 3. The molecule has 0 aliphatic rings. The number of methoxy groups -OCH3 is 2. The minimum Gasteiger partial charge on any atom is -0.493 e. The van der Waals surface area contributed by atoms with E-state index >= 15 is 0 Å². The van der Waals surface area contributed by atoms with Crippen LogP contribution in [-0.4, -0.2) is 57.1 Å². The number of ether oxygens (including phenoxy) is 3. The number of aromatic amines is 1. The summed E-state index contributed by atoms with van der Waals surface area (Å²) in [6.07, 6.45) is 4.29. The Labute approximate surface area is 191 Å². The van der Waals surface area contributed by atoms with Gasteiger partial charge in [-0.25, -0.2) is 9.97 Å². The summed E-state index contributed by atoms with van der Waals surface area (Å²) in [6.45, 7) is 0.825. The molecule has 0 unspecified atom stereocenters. The molecule has 0 spiro atoms. The highest BCUT2D eigenvalue weighted by atomic mass is 35.5. The number of hydrogen-bond donors (Lipinski definition) is 1. The number of benzene rings is 2. The van der Waals surface area contributed by atoms with Crippen LogP contribution in [0.5, 0.6) is 17.2 Å². The van der Waals surface area contributed by atoms with Crippen LogP contribution in [-0.2, 0) is 14.9 Å². The average Bonchev–Trinajstić information content (AvgIpc) is 3.14. The van der Waals surface area contributed by atoms with Crippen molar-refractivity contribution >= 4 is 44.3 Å². The Balaban J connectivity index is 0.00000289. The summed E-state index contributed by atoms with van der Waals surface area (Å²) in [5.74, 6) is 1.32. The van der Waals surface area contributed by atoms with Crippen molar-refractivity contribution in [2.45, 2.75) is 0 Å². The van der Waals surface area contributed by atoms with E-state index in [1.165, 1.54) is 6.33 Å². The van der Waals surface area contributed by atoms with Gasteiger partial charge in [-0.2, -0.15) is 8.42 Å². The maximum atomic E-state index is 11.5. The van der Waals surface area contributed by atoms with Crippen LogP contribution in [0.15, 0.2) is 42.9 Å². The molecule has 170 valence electrons. The first-order valence-corrected chi connectivity index (χ1v) is 11.2. The molecule has 2 aromatic heterocycles. The first-order chi connectivity index (χ1) is 14.9. The molecule has 0 saturated heterocycles. The highest BCUT2D eigenvalue weighted by Crippen LogP contribution is 2.38. The molecule has 0 aliphatic heterocycles. The van der Waals surface area contributed by atoms with Crippen LogP contribution in [0.3, 0.4) is 0 Å². The summed E-state index contributed by atoms with van der Waals surface area (Å²) in [5.41, 5.74) is 2.93. The third kappa shape index (κ3) is 4.87. The van der Waals surface area contributed by atoms with Crippen LogP contribution in [0.25, 0.3) is 33.1 Å². The fourth-order valence-corrected chi connectivity index (χ4v) is 3.76. The Bertz CT molecular complexity index is 1360. The van der Waals surface area contributed by atoms with E-state index in [0.717, 1.165) is 28.1 Å². The molecular formula is C21H22ClN3O6S. The van der Waals surface area contributed by atoms with Gasteiger partial charge in [-0.3, -0.25) is 0 Å². The lowest BCUT2D eigenvalue weighted by Gasteiger charge is -2.13. The first kappa shape index (κ1) is 23.6. The SMILES string of the molecule is COCCOc1cc2ncnc(-c3c[nH]c4ccc(OS(C)(=O)=O)cc34)c2cc1OC.Cl. The lowest BCUT2D eigenvalue weighted by atomic mass is 10.0. The summed E-state index contributed by atoms with van der Waals surface area (Å²) in [5, 5.41) is 1.52. The molecule has 9 nitrogen and oxygen atoms in total. The number of rotatable bonds is 8. The van der Waals surface area contributed by atoms with E-state index in [-0.39, 0.29) is 18.2 Å². The van der Waals surface area contributed by atoms with E-state index in [1.807, 2.05) is 12.3 Å². The lowest BCUT2D eigenvalue weighted by Crippen LogP contribution is -2.05. The molecule has 0 aliphatic carbocycles. The van der Waals surface area contributed by atoms with E-state index < -0.39 is 10.1 Å². The van der Waals surface area contributed by atoms with Gasteiger partial charge >= 0.3 is 10.1 Å². The quantitative estimate of drug-likeness (QED) is 0.301. The number of nitrogens with zero attached hydrogens (tertiary/aromatic N) is 2. The van der Waals surface area contributed by atoms with Crippen molar-refractivity contribution in [3.05, 3.63) is 42.9 Å². The highest BCUT2D eigenvalue weighted by Gasteiger charge is 2.16. The molecule has 32 heavy (non-hydrogen) atoms. The predicted molar refractivity (Wildman–Crippen MR) is 123 cm³/mol. The number of hydrogen-bond acceptors (Lipinski definition) is 8. The molecule has 0 saturated carbocycles. The highest BCUT2D eigenvalue weighted by molar-refractivity contribution is 7.86. The van der Waals surface area contributed by atoms with Crippen molar-refractivity contribution in [3.8, 4) is 28.5 Å². The summed E-state index contributed by atoms with van der Waals surface area (Å²) >= 11 is 0. The fraction of sp³-hybridized carbons (Fsp3) is 0.238. The molecule has 4 aromatic rings. The second-order valence-corrected chi connectivity index (χ2v) is 8.36. The van der Waals surface area contributed by atoms with Crippen molar-refractivity contribution in [1.82, 2.24) is 15.0 Å². The average molecular weight is 480 g/mol. The third-order valence-corrected chi connectivity index (χ3v) is 5.12. The number of fused-ring (bicyclic) bond motifs is 2. The molecule has 11 heteroatoms. The largest absolute Gasteiger partial charge is 0.493 e. The van der Waals surface area contributed by atoms with Gasteiger partial charge in [0.25, 0.3) is 0 Å². The molecule has 0 atom stereocenters. The second kappa shape index (κ2) is 9.60. The Morgan fingerprint density at radius 3 is 2.53 bits per heavy atom. The van der Waals surface area contributed by atoms with Gasteiger partial charge < -0.3 is 23.4 Å². The molecule has 0 fully saturated rings. The van der Waals surface area contributed by atoms with Gasteiger partial charge in [0.05, 0.1) is 31.2 Å². The van der Waals surface area contributed by atoms with Crippen LogP contribution < -0.4 is 13.7 Å². The van der Waals surface area contributed by atoms with Crippen molar-refractivity contribution in [3.63, 3.8) is 0 Å². The van der Waals surface area contributed by atoms with Crippen molar-refractivity contribution in [2.24, 2.45) is 0 Å². The molecule has 0 amide bonds. The minimum absolute atomic E-state index is 0. The second-order valence-electron chi connectivity index (χ2n) is 6.78. The topological polar surface area (TPSA) is 113 Å². The van der Waals surface area contributed by atoms with Gasteiger partial charge in [-0.15, -0.1) is 12.4 Å². The van der Waals surface area contributed by atoms with E-state index in [4.69, 9.17) is 18.4 Å². The minimum atomic E-state index is -3.64. The molecule has 0 bridgehead atoms. The zero-order chi connectivity index (χ0) is 22.0. The first-order valence-electron chi connectivity index (χ1n) is 9.35. The zero-order valence-corrected chi connectivity index (χ0v) is 19.2. The third-order valence-electron chi connectivity index (χ3n) is 4.62. The van der Waals surface area contributed by atoms with Gasteiger partial charge in [-0.05, 0) is 24.3 Å². The van der Waals surface area contributed by atoms with E-state index in [2.05, 4.69) is 15.0 Å². The molecule has 2 aromatic carbocycles. The lowest BCUT2D eigenvalue weighted by molar-refractivity contribution is 0.144. The Hall–Kier alpha value is -3.08. The molecule has 0 radical (unpaired) electrons. The van der Waals surface area contributed by atoms with Gasteiger partial charge in [0.2, 0.25) is 0 Å². The van der Waals surface area contributed by atoms with Gasteiger partial charge in [0.1, 0.15) is 18.7 Å².